The van der Waals surface area contributed by atoms with Gasteiger partial charge in [-0.05, 0) is 24.3 Å². The molecule has 2 nitrogen and oxygen atoms in total. The molecule has 1 aliphatic heterocycles. The fourth-order valence-electron chi connectivity index (χ4n) is 1.07. The number of fused-ring (bicyclic) bond motifs is 1. The van der Waals surface area contributed by atoms with Gasteiger partial charge in [-0.15, -0.1) is 0 Å². The van der Waals surface area contributed by atoms with Gasteiger partial charge in [-0.1, -0.05) is 0 Å². The minimum Gasteiger partial charge on any atom is -0.495 e. The van der Waals surface area contributed by atoms with Gasteiger partial charge < -0.3 is 9.30 Å². The van der Waals surface area contributed by atoms with Crippen molar-refractivity contribution in [3.8, 4) is 0 Å². The van der Waals surface area contributed by atoms with E-state index in [0.717, 1.165) is 0 Å². The van der Waals surface area contributed by atoms with Crippen molar-refractivity contribution < 1.29 is 4.74 Å². The van der Waals surface area contributed by atoms with E-state index in [0.29, 0.717) is 6.61 Å². The molecule has 0 N–H and O–H groups in total. The zero-order valence-corrected chi connectivity index (χ0v) is 6.10. The van der Waals surface area contributed by atoms with Gasteiger partial charge in [0, 0.05) is 12.4 Å². The molecule has 0 atom stereocenters. The quantitative estimate of drug-likeness (QED) is 0.547. The predicted octanol–water partition coefficient (Wildman–Crippen LogP) is 2.00. The summed E-state index contributed by atoms with van der Waals surface area (Å²) in [6, 6.07) is 4.05. The van der Waals surface area contributed by atoms with Crippen LogP contribution in [-0.2, 0) is 11.3 Å². The van der Waals surface area contributed by atoms with E-state index in [-0.39, 0.29) is 0 Å². The van der Waals surface area contributed by atoms with Gasteiger partial charge in [0.1, 0.15) is 6.61 Å². The summed E-state index contributed by atoms with van der Waals surface area (Å²) < 4.78 is 7.25. The summed E-state index contributed by atoms with van der Waals surface area (Å²) in [6.45, 7) is 0.647. The standard InChI is InChI=1S/C9H9NO/c1-2-7-11-8-9-4-3-6-10(9)5-1/h1-7H,8H2/b5-1-,7-2-. The second-order valence-electron chi connectivity index (χ2n) is 2.39. The highest BCUT2D eigenvalue weighted by Crippen LogP contribution is 2.06. The summed E-state index contributed by atoms with van der Waals surface area (Å²) >= 11 is 0. The molecule has 2 rings (SSSR count). The van der Waals surface area contributed by atoms with Crippen LogP contribution < -0.4 is 0 Å². The van der Waals surface area contributed by atoms with Crippen molar-refractivity contribution in [1.82, 2.24) is 4.57 Å². The Labute approximate surface area is 65.4 Å². The molecule has 1 aromatic rings. The molecule has 2 heteroatoms. The zero-order chi connectivity index (χ0) is 7.52. The Balaban J connectivity index is 2.39. The maximum absolute atomic E-state index is 5.21. The molecule has 11 heavy (non-hydrogen) atoms. The summed E-state index contributed by atoms with van der Waals surface area (Å²) in [5.74, 6) is 0. The largest absolute Gasteiger partial charge is 0.495 e. The Morgan fingerprint density at radius 1 is 1.36 bits per heavy atom. The van der Waals surface area contributed by atoms with Crippen LogP contribution in [0, 0.1) is 0 Å². The van der Waals surface area contributed by atoms with Crippen LogP contribution in [0.5, 0.6) is 0 Å². The summed E-state index contributed by atoms with van der Waals surface area (Å²) in [6.07, 6.45) is 9.54. The van der Waals surface area contributed by atoms with E-state index in [1.807, 2.05) is 41.2 Å². The Kier molecular flexibility index (Phi) is 1.52. The van der Waals surface area contributed by atoms with E-state index in [1.54, 1.807) is 6.26 Å². The smallest absolute Gasteiger partial charge is 0.128 e. The fraction of sp³-hybridized carbons (Fsp3) is 0.111. The summed E-state index contributed by atoms with van der Waals surface area (Å²) in [5.41, 5.74) is 1.17. The van der Waals surface area contributed by atoms with Gasteiger partial charge in [0.05, 0.1) is 12.0 Å². The van der Waals surface area contributed by atoms with E-state index in [9.17, 15) is 0 Å². The average molecular weight is 147 g/mol. The van der Waals surface area contributed by atoms with E-state index >= 15 is 0 Å². The lowest BCUT2D eigenvalue weighted by molar-refractivity contribution is 0.230. The first-order chi connectivity index (χ1) is 5.47. The molecular formula is C9H9NO. The van der Waals surface area contributed by atoms with E-state index in [4.69, 9.17) is 4.74 Å². The molecule has 0 unspecified atom stereocenters. The fourth-order valence-corrected chi connectivity index (χ4v) is 1.07. The number of aromatic nitrogens is 1. The Morgan fingerprint density at radius 2 is 2.36 bits per heavy atom. The van der Waals surface area contributed by atoms with Gasteiger partial charge >= 0.3 is 0 Å². The monoisotopic (exact) mass is 147 g/mol. The molecule has 2 heterocycles. The maximum atomic E-state index is 5.21. The molecule has 0 saturated carbocycles. The van der Waals surface area contributed by atoms with Crippen molar-refractivity contribution in [2.75, 3.05) is 0 Å². The van der Waals surface area contributed by atoms with Crippen LogP contribution in [-0.4, -0.2) is 4.57 Å². The molecule has 0 amide bonds. The summed E-state index contributed by atoms with van der Waals surface area (Å²) in [7, 11) is 0. The van der Waals surface area contributed by atoms with Crippen molar-refractivity contribution >= 4 is 6.20 Å². The number of hydrogen-bond donors (Lipinski definition) is 0. The van der Waals surface area contributed by atoms with E-state index in [2.05, 4.69) is 0 Å². The third kappa shape index (κ3) is 1.19. The number of hydrogen-bond acceptors (Lipinski definition) is 1. The van der Waals surface area contributed by atoms with E-state index in [1.165, 1.54) is 5.69 Å². The van der Waals surface area contributed by atoms with Gasteiger partial charge in [-0.3, -0.25) is 0 Å². The first-order valence-electron chi connectivity index (χ1n) is 3.57. The van der Waals surface area contributed by atoms with Crippen LogP contribution >= 0.6 is 0 Å². The van der Waals surface area contributed by atoms with Crippen LogP contribution in [0.3, 0.4) is 0 Å². The lowest BCUT2D eigenvalue weighted by atomic mass is 10.4. The van der Waals surface area contributed by atoms with Gasteiger partial charge in [-0.25, -0.2) is 0 Å². The molecule has 0 aromatic carbocycles. The van der Waals surface area contributed by atoms with Crippen LogP contribution in [0.4, 0.5) is 0 Å². The lowest BCUT2D eigenvalue weighted by Crippen LogP contribution is -1.95. The van der Waals surface area contributed by atoms with Crippen molar-refractivity contribution in [1.29, 1.82) is 0 Å². The molecule has 0 aliphatic carbocycles. The number of rotatable bonds is 0. The number of allylic oxidation sites excluding steroid dienone is 2. The highest BCUT2D eigenvalue weighted by atomic mass is 16.5. The first-order valence-corrected chi connectivity index (χ1v) is 3.57. The number of nitrogens with zero attached hydrogens (tertiary/aromatic N) is 1. The second-order valence-corrected chi connectivity index (χ2v) is 2.39. The van der Waals surface area contributed by atoms with Crippen molar-refractivity contribution in [3.63, 3.8) is 0 Å². The Morgan fingerprint density at radius 3 is 3.36 bits per heavy atom. The Hall–Kier alpha value is -1.44. The lowest BCUT2D eigenvalue weighted by Gasteiger charge is -2.05. The minimum absolute atomic E-state index is 0.647. The first kappa shape index (κ1) is 6.28. The molecule has 56 valence electrons. The van der Waals surface area contributed by atoms with Gasteiger partial charge in [-0.2, -0.15) is 0 Å². The SMILES string of the molecule is C1=C\OCc2cccn2\C=C/1. The molecule has 1 aliphatic rings. The zero-order valence-electron chi connectivity index (χ0n) is 6.10. The number of ether oxygens (including phenoxy) is 1. The van der Waals surface area contributed by atoms with Crippen LogP contribution in [0.15, 0.2) is 36.7 Å². The van der Waals surface area contributed by atoms with Crippen molar-refractivity contribution in [3.05, 3.63) is 42.4 Å². The predicted molar refractivity (Wildman–Crippen MR) is 43.7 cm³/mol. The highest BCUT2D eigenvalue weighted by Gasteiger charge is 1.97. The second kappa shape index (κ2) is 2.66. The van der Waals surface area contributed by atoms with Gasteiger partial charge in [0.2, 0.25) is 0 Å². The molecule has 0 spiro atoms. The van der Waals surface area contributed by atoms with Crippen molar-refractivity contribution in [2.24, 2.45) is 0 Å². The molecule has 1 aromatic heterocycles. The molecule has 0 bridgehead atoms. The van der Waals surface area contributed by atoms with Crippen LogP contribution in [0.2, 0.25) is 0 Å². The van der Waals surface area contributed by atoms with Crippen LogP contribution in [0.25, 0.3) is 6.20 Å². The molecular weight excluding hydrogens is 138 g/mol. The Bertz CT molecular complexity index is 296. The normalized spacial score (nSPS) is 20.7. The minimum atomic E-state index is 0.647. The third-order valence-electron chi connectivity index (χ3n) is 1.63. The summed E-state index contributed by atoms with van der Waals surface area (Å²) in [5, 5.41) is 0. The van der Waals surface area contributed by atoms with E-state index < -0.39 is 0 Å². The van der Waals surface area contributed by atoms with Crippen molar-refractivity contribution in [2.45, 2.75) is 6.61 Å². The maximum Gasteiger partial charge on any atom is 0.128 e. The molecule has 0 saturated heterocycles. The average Bonchev–Trinajstić information content (AvgIpc) is 2.35. The van der Waals surface area contributed by atoms with Gasteiger partial charge in [0.15, 0.2) is 0 Å². The molecule has 0 fully saturated rings. The summed E-state index contributed by atoms with van der Waals surface area (Å²) in [4.78, 5) is 0. The van der Waals surface area contributed by atoms with Gasteiger partial charge in [0.25, 0.3) is 0 Å². The third-order valence-corrected chi connectivity index (χ3v) is 1.63. The molecule has 0 radical (unpaired) electrons. The van der Waals surface area contributed by atoms with Crippen LogP contribution in [0.1, 0.15) is 5.69 Å². The topological polar surface area (TPSA) is 14.2 Å². The highest BCUT2D eigenvalue weighted by molar-refractivity contribution is 5.32.